The lowest BCUT2D eigenvalue weighted by Gasteiger charge is -2.41. The number of phosphoric acid groups is 1. The third kappa shape index (κ3) is 25.3. The zero-order chi connectivity index (χ0) is 40.7. The quantitative estimate of drug-likeness (QED) is 0.0164. The SMILES string of the molecule is CCCC/C=C\C/C=C\CCCCCCCC(=O)O[C@H](COC(=O)CCCCCCCCCCCCCC)COP(=O)(O)OC1C(O)C(O)C(O)[C@@H](O)C1O. The lowest BCUT2D eigenvalue weighted by atomic mass is 9.85. The van der Waals surface area contributed by atoms with E-state index < -0.39 is 75.7 Å². The number of ether oxygens (including phenoxy) is 2. The summed E-state index contributed by atoms with van der Waals surface area (Å²) in [6.07, 6.45) is 19.6. The second kappa shape index (κ2) is 32.3. The van der Waals surface area contributed by atoms with Crippen LogP contribution in [0, 0.1) is 0 Å². The van der Waals surface area contributed by atoms with Gasteiger partial charge in [0.1, 0.15) is 43.2 Å². The summed E-state index contributed by atoms with van der Waals surface area (Å²) in [5.74, 6) is -1.11. The van der Waals surface area contributed by atoms with Crippen molar-refractivity contribution >= 4 is 19.8 Å². The first-order valence-electron chi connectivity index (χ1n) is 21.1. The third-order valence-corrected chi connectivity index (χ3v) is 10.8. The van der Waals surface area contributed by atoms with Gasteiger partial charge in [0, 0.05) is 12.8 Å². The van der Waals surface area contributed by atoms with E-state index in [0.717, 1.165) is 64.2 Å². The molecule has 0 aliphatic heterocycles. The smallest absolute Gasteiger partial charge is 0.462 e. The van der Waals surface area contributed by atoms with E-state index in [2.05, 4.69) is 38.2 Å². The molecule has 0 aromatic heterocycles. The number of carbonyl (C=O) groups excluding carboxylic acids is 2. The van der Waals surface area contributed by atoms with Gasteiger partial charge in [-0.2, -0.15) is 0 Å². The summed E-state index contributed by atoms with van der Waals surface area (Å²) in [4.78, 5) is 35.5. The van der Waals surface area contributed by atoms with E-state index in [-0.39, 0.29) is 12.8 Å². The van der Waals surface area contributed by atoms with Gasteiger partial charge in [-0.1, -0.05) is 141 Å². The Morgan fingerprint density at radius 2 is 1.00 bits per heavy atom. The van der Waals surface area contributed by atoms with Gasteiger partial charge in [0.15, 0.2) is 6.10 Å². The molecule has 6 N–H and O–H groups in total. The van der Waals surface area contributed by atoms with Crippen molar-refractivity contribution in [2.24, 2.45) is 0 Å². The summed E-state index contributed by atoms with van der Waals surface area (Å²) in [6.45, 7) is 3.22. The zero-order valence-electron chi connectivity index (χ0n) is 33.7. The fourth-order valence-electron chi connectivity index (χ4n) is 6.30. The average molecular weight is 807 g/mol. The van der Waals surface area contributed by atoms with Gasteiger partial charge < -0.3 is 39.9 Å². The highest BCUT2D eigenvalue weighted by Gasteiger charge is 2.51. The molecule has 0 aromatic carbocycles. The summed E-state index contributed by atoms with van der Waals surface area (Å²) in [5, 5.41) is 50.0. The summed E-state index contributed by atoms with van der Waals surface area (Å²) >= 11 is 0. The minimum Gasteiger partial charge on any atom is -0.462 e. The molecule has 8 atom stereocenters. The van der Waals surface area contributed by atoms with Crippen LogP contribution < -0.4 is 0 Å². The lowest BCUT2D eigenvalue weighted by Crippen LogP contribution is -2.64. The molecule has 0 saturated heterocycles. The average Bonchev–Trinajstić information content (AvgIpc) is 3.16. The first-order chi connectivity index (χ1) is 26.4. The van der Waals surface area contributed by atoms with E-state index in [0.29, 0.717) is 12.8 Å². The Bertz CT molecular complexity index is 1070. The fraction of sp³-hybridized carbons (Fsp3) is 0.854. The number of rotatable bonds is 34. The first kappa shape index (κ1) is 51.3. The highest BCUT2D eigenvalue weighted by atomic mass is 31.2. The fourth-order valence-corrected chi connectivity index (χ4v) is 7.28. The van der Waals surface area contributed by atoms with Crippen molar-refractivity contribution in [3.63, 3.8) is 0 Å². The van der Waals surface area contributed by atoms with Gasteiger partial charge in [-0.05, 0) is 38.5 Å². The molecule has 0 radical (unpaired) electrons. The molecule has 0 spiro atoms. The van der Waals surface area contributed by atoms with Gasteiger partial charge in [0.25, 0.3) is 0 Å². The Balaban J connectivity index is 2.52. The highest BCUT2D eigenvalue weighted by molar-refractivity contribution is 7.47. The molecular weight excluding hydrogens is 731 g/mol. The maximum Gasteiger partial charge on any atom is 0.472 e. The normalized spacial score (nSPS) is 23.3. The maximum atomic E-state index is 12.8. The predicted octanol–water partition coefficient (Wildman–Crippen LogP) is 7.28. The summed E-state index contributed by atoms with van der Waals surface area (Å²) in [6, 6.07) is 0. The van der Waals surface area contributed by atoms with E-state index >= 15 is 0 Å². The number of allylic oxidation sites excluding steroid dienone is 4. The van der Waals surface area contributed by atoms with E-state index in [1.54, 1.807) is 0 Å². The molecule has 0 aromatic rings. The van der Waals surface area contributed by atoms with E-state index in [4.69, 9.17) is 18.5 Å². The van der Waals surface area contributed by atoms with Crippen LogP contribution in [0.25, 0.3) is 0 Å². The van der Waals surface area contributed by atoms with Crippen LogP contribution in [0.2, 0.25) is 0 Å². The van der Waals surface area contributed by atoms with Crippen LogP contribution in [0.15, 0.2) is 24.3 Å². The molecule has 0 heterocycles. The number of esters is 2. The topological polar surface area (TPSA) is 210 Å². The number of hydrogen-bond acceptors (Lipinski definition) is 12. The number of phosphoric ester groups is 1. The Hall–Kier alpha value is -1.67. The molecule has 1 fully saturated rings. The molecular formula is C41H75O13P. The molecule has 55 heavy (non-hydrogen) atoms. The Morgan fingerprint density at radius 3 is 1.53 bits per heavy atom. The van der Waals surface area contributed by atoms with E-state index in [9.17, 15) is 44.6 Å². The van der Waals surface area contributed by atoms with Crippen LogP contribution in [-0.4, -0.2) is 98.3 Å². The van der Waals surface area contributed by atoms with Crippen LogP contribution in [0.1, 0.15) is 168 Å². The number of carbonyl (C=O) groups is 2. The van der Waals surface area contributed by atoms with Crippen LogP contribution in [-0.2, 0) is 32.7 Å². The number of aliphatic hydroxyl groups is 5. The van der Waals surface area contributed by atoms with Crippen LogP contribution in [0.3, 0.4) is 0 Å². The maximum absolute atomic E-state index is 12.8. The largest absolute Gasteiger partial charge is 0.472 e. The van der Waals surface area contributed by atoms with Gasteiger partial charge >= 0.3 is 19.8 Å². The lowest BCUT2D eigenvalue weighted by molar-refractivity contribution is -0.220. The molecule has 0 amide bonds. The molecule has 6 unspecified atom stereocenters. The first-order valence-corrected chi connectivity index (χ1v) is 22.6. The van der Waals surface area contributed by atoms with Gasteiger partial charge in [0.05, 0.1) is 6.61 Å². The zero-order valence-corrected chi connectivity index (χ0v) is 34.6. The van der Waals surface area contributed by atoms with Crippen molar-refractivity contribution in [2.45, 2.75) is 211 Å². The van der Waals surface area contributed by atoms with Crippen molar-refractivity contribution in [1.29, 1.82) is 0 Å². The number of unbranched alkanes of at least 4 members (excludes halogenated alkanes) is 18. The highest BCUT2D eigenvalue weighted by Crippen LogP contribution is 2.47. The third-order valence-electron chi connectivity index (χ3n) is 9.80. The Morgan fingerprint density at radius 1 is 0.564 bits per heavy atom. The van der Waals surface area contributed by atoms with Crippen LogP contribution in [0.4, 0.5) is 0 Å². The molecule has 1 saturated carbocycles. The van der Waals surface area contributed by atoms with Crippen molar-refractivity contribution in [2.75, 3.05) is 13.2 Å². The summed E-state index contributed by atoms with van der Waals surface area (Å²) < 4.78 is 33.4. The minimum absolute atomic E-state index is 0.0828. The second-order valence-corrected chi connectivity index (χ2v) is 16.3. The summed E-state index contributed by atoms with van der Waals surface area (Å²) in [5.41, 5.74) is 0. The van der Waals surface area contributed by atoms with Gasteiger partial charge in [-0.25, -0.2) is 4.57 Å². The molecule has 322 valence electrons. The molecule has 1 rings (SSSR count). The summed E-state index contributed by atoms with van der Waals surface area (Å²) in [7, 11) is -5.11. The van der Waals surface area contributed by atoms with Crippen LogP contribution in [0.5, 0.6) is 0 Å². The van der Waals surface area contributed by atoms with Crippen molar-refractivity contribution in [3.8, 4) is 0 Å². The number of hydrogen-bond donors (Lipinski definition) is 6. The van der Waals surface area contributed by atoms with Crippen LogP contribution >= 0.6 is 7.82 Å². The van der Waals surface area contributed by atoms with Crippen molar-refractivity contribution in [1.82, 2.24) is 0 Å². The minimum atomic E-state index is -5.11. The molecule has 0 bridgehead atoms. The van der Waals surface area contributed by atoms with Gasteiger partial charge in [-0.3, -0.25) is 18.6 Å². The van der Waals surface area contributed by atoms with Gasteiger partial charge in [-0.15, -0.1) is 0 Å². The molecule has 14 heteroatoms. The van der Waals surface area contributed by atoms with E-state index in [1.165, 1.54) is 64.2 Å². The molecule has 13 nitrogen and oxygen atoms in total. The Labute approximate surface area is 330 Å². The number of aliphatic hydroxyl groups excluding tert-OH is 5. The molecule has 1 aliphatic rings. The Kier molecular flexibility index (Phi) is 30.2. The monoisotopic (exact) mass is 806 g/mol. The van der Waals surface area contributed by atoms with Crippen molar-refractivity contribution in [3.05, 3.63) is 24.3 Å². The molecule has 1 aliphatic carbocycles. The standard InChI is InChI=1S/C41H75O13P/c1-3-5-7-9-11-13-15-17-18-20-22-24-26-28-30-35(43)53-33(31-51-34(42)29-27-25-23-21-19-16-14-12-10-8-6-4-2)32-52-55(49,50)54-41-39(47)37(45)36(44)38(46)40(41)48/h9,11,15,17,33,36-41,44-48H,3-8,10,12-14,16,18-32H2,1-2H3,(H,49,50)/b11-9-,17-15-/t33-,36?,37-,38?,39?,40?,41?/m1/s1. The predicted molar refractivity (Wildman–Crippen MR) is 212 cm³/mol. The van der Waals surface area contributed by atoms with Crippen molar-refractivity contribution < 1.29 is 63.1 Å². The van der Waals surface area contributed by atoms with Gasteiger partial charge in [0.2, 0.25) is 0 Å². The second-order valence-electron chi connectivity index (χ2n) is 14.8. The van der Waals surface area contributed by atoms with E-state index in [1.807, 2.05) is 0 Å².